The summed E-state index contributed by atoms with van der Waals surface area (Å²) in [6.07, 6.45) is 2.30. The number of carbonyl (C=O) groups is 1. The predicted molar refractivity (Wildman–Crippen MR) is 106 cm³/mol. The number of hydrogen-bond acceptors (Lipinski definition) is 3. The summed E-state index contributed by atoms with van der Waals surface area (Å²) in [4.78, 5) is 18.6. The highest BCUT2D eigenvalue weighted by Crippen LogP contribution is 2.39. The first-order valence-corrected chi connectivity index (χ1v) is 9.73. The SMILES string of the molecule is Cc1[nH]c2ccccc2c1CN1CCC2(CC1)CC(=O)c1ccccc1O2. The zero-order chi connectivity index (χ0) is 18.4. The first kappa shape index (κ1) is 16.6. The summed E-state index contributed by atoms with van der Waals surface area (Å²) in [5.41, 5.74) is 4.25. The molecule has 1 fully saturated rings. The van der Waals surface area contributed by atoms with Gasteiger partial charge in [-0.05, 0) is 30.7 Å². The van der Waals surface area contributed by atoms with Gasteiger partial charge in [0.15, 0.2) is 5.78 Å². The Bertz CT molecular complexity index is 1010. The number of aromatic amines is 1. The Balaban J connectivity index is 1.32. The van der Waals surface area contributed by atoms with Crippen molar-refractivity contribution in [2.45, 2.75) is 38.3 Å². The van der Waals surface area contributed by atoms with Gasteiger partial charge in [-0.25, -0.2) is 0 Å². The Morgan fingerprint density at radius 1 is 1.07 bits per heavy atom. The number of ether oxygens (including phenoxy) is 1. The van der Waals surface area contributed by atoms with Gasteiger partial charge in [0.1, 0.15) is 11.4 Å². The molecule has 27 heavy (non-hydrogen) atoms. The first-order valence-electron chi connectivity index (χ1n) is 9.73. The van der Waals surface area contributed by atoms with Crippen molar-refractivity contribution in [2.24, 2.45) is 0 Å². The number of H-pyrrole nitrogens is 1. The van der Waals surface area contributed by atoms with Crippen LogP contribution < -0.4 is 4.74 Å². The molecule has 0 saturated carbocycles. The maximum Gasteiger partial charge on any atom is 0.170 e. The summed E-state index contributed by atoms with van der Waals surface area (Å²) in [5.74, 6) is 0.979. The second-order valence-corrected chi connectivity index (χ2v) is 7.93. The minimum Gasteiger partial charge on any atom is -0.486 e. The van der Waals surface area contributed by atoms with Gasteiger partial charge in [-0.2, -0.15) is 0 Å². The molecule has 4 nitrogen and oxygen atoms in total. The van der Waals surface area contributed by atoms with Crippen LogP contribution in [-0.2, 0) is 6.54 Å². The third-order valence-electron chi connectivity index (χ3n) is 6.17. The van der Waals surface area contributed by atoms with E-state index in [0.717, 1.165) is 43.8 Å². The van der Waals surface area contributed by atoms with Crippen LogP contribution in [0.25, 0.3) is 10.9 Å². The number of hydrogen-bond donors (Lipinski definition) is 1. The van der Waals surface area contributed by atoms with Gasteiger partial charge in [0.25, 0.3) is 0 Å². The second kappa shape index (κ2) is 6.24. The molecule has 0 radical (unpaired) electrons. The Morgan fingerprint density at radius 3 is 2.67 bits per heavy atom. The van der Waals surface area contributed by atoms with Crippen LogP contribution in [0.4, 0.5) is 0 Å². The van der Waals surface area contributed by atoms with Crippen LogP contribution >= 0.6 is 0 Å². The fourth-order valence-electron chi connectivity index (χ4n) is 4.60. The lowest BCUT2D eigenvalue weighted by Gasteiger charge is -2.44. The quantitative estimate of drug-likeness (QED) is 0.733. The summed E-state index contributed by atoms with van der Waals surface area (Å²) in [6.45, 7) is 5.00. The number of ketones is 1. The summed E-state index contributed by atoms with van der Waals surface area (Å²) in [5, 5.41) is 1.31. The topological polar surface area (TPSA) is 45.3 Å². The van der Waals surface area contributed by atoms with E-state index in [2.05, 4.69) is 41.1 Å². The van der Waals surface area contributed by atoms with Crippen molar-refractivity contribution < 1.29 is 9.53 Å². The Hall–Kier alpha value is -2.59. The van der Waals surface area contributed by atoms with E-state index in [1.807, 2.05) is 24.3 Å². The molecule has 1 aromatic heterocycles. The lowest BCUT2D eigenvalue weighted by atomic mass is 9.82. The summed E-state index contributed by atoms with van der Waals surface area (Å²) in [7, 11) is 0. The number of piperidine rings is 1. The molecule has 2 aliphatic rings. The van der Waals surface area contributed by atoms with Crippen molar-refractivity contribution in [3.63, 3.8) is 0 Å². The molecule has 2 aliphatic heterocycles. The van der Waals surface area contributed by atoms with Crippen LogP contribution in [0, 0.1) is 6.92 Å². The number of aromatic nitrogens is 1. The van der Waals surface area contributed by atoms with Crippen molar-refractivity contribution in [3.05, 3.63) is 65.4 Å². The number of rotatable bonds is 2. The molecule has 4 heteroatoms. The van der Waals surface area contributed by atoms with Crippen molar-refractivity contribution >= 4 is 16.7 Å². The number of aryl methyl sites for hydroxylation is 1. The average Bonchev–Trinajstić information content (AvgIpc) is 2.99. The number of benzene rings is 2. The smallest absolute Gasteiger partial charge is 0.170 e. The van der Waals surface area contributed by atoms with Crippen molar-refractivity contribution in [2.75, 3.05) is 13.1 Å². The van der Waals surface area contributed by atoms with E-state index in [9.17, 15) is 4.79 Å². The second-order valence-electron chi connectivity index (χ2n) is 7.93. The Labute approximate surface area is 159 Å². The van der Waals surface area contributed by atoms with E-state index in [-0.39, 0.29) is 11.4 Å². The van der Waals surface area contributed by atoms with Crippen LogP contribution in [0.2, 0.25) is 0 Å². The number of carbonyl (C=O) groups excluding carboxylic acids is 1. The molecule has 1 N–H and O–H groups in total. The zero-order valence-corrected chi connectivity index (χ0v) is 15.6. The highest BCUT2D eigenvalue weighted by atomic mass is 16.5. The van der Waals surface area contributed by atoms with Gasteiger partial charge in [-0.3, -0.25) is 9.69 Å². The van der Waals surface area contributed by atoms with Crippen LogP contribution in [0.5, 0.6) is 5.75 Å². The molecule has 3 aromatic rings. The lowest BCUT2D eigenvalue weighted by molar-refractivity contribution is -0.0107. The fraction of sp³-hybridized carbons (Fsp3) is 0.348. The zero-order valence-electron chi connectivity index (χ0n) is 15.6. The van der Waals surface area contributed by atoms with Gasteiger partial charge >= 0.3 is 0 Å². The average molecular weight is 360 g/mol. The van der Waals surface area contributed by atoms with Gasteiger partial charge < -0.3 is 9.72 Å². The summed E-state index contributed by atoms with van der Waals surface area (Å²) >= 11 is 0. The number of nitrogens with one attached hydrogen (secondary N) is 1. The third kappa shape index (κ3) is 2.85. The maximum absolute atomic E-state index is 12.6. The van der Waals surface area contributed by atoms with E-state index in [0.29, 0.717) is 6.42 Å². The maximum atomic E-state index is 12.6. The first-order chi connectivity index (χ1) is 13.1. The number of fused-ring (bicyclic) bond motifs is 2. The fourth-order valence-corrected chi connectivity index (χ4v) is 4.60. The molecular formula is C23H24N2O2. The highest BCUT2D eigenvalue weighted by Gasteiger charge is 2.42. The molecule has 1 spiro atoms. The molecule has 0 unspecified atom stereocenters. The van der Waals surface area contributed by atoms with E-state index >= 15 is 0 Å². The van der Waals surface area contributed by atoms with Crippen molar-refractivity contribution in [1.82, 2.24) is 9.88 Å². The van der Waals surface area contributed by atoms with Gasteiger partial charge in [0, 0.05) is 49.1 Å². The standard InChI is InChI=1S/C23H24N2O2/c1-16-19(17-6-2-4-8-20(17)24-16)15-25-12-10-23(11-13-25)14-21(26)18-7-3-5-9-22(18)27-23/h2-9,24H,10-15H2,1H3. The van der Waals surface area contributed by atoms with E-state index in [1.54, 1.807) is 0 Å². The van der Waals surface area contributed by atoms with Crippen LogP contribution in [0.15, 0.2) is 48.5 Å². The molecule has 2 aromatic carbocycles. The molecule has 1 saturated heterocycles. The van der Waals surface area contributed by atoms with E-state index in [1.165, 1.54) is 22.2 Å². The van der Waals surface area contributed by atoms with Gasteiger partial charge in [0.2, 0.25) is 0 Å². The molecule has 0 amide bonds. The van der Waals surface area contributed by atoms with Crippen molar-refractivity contribution in [1.29, 1.82) is 0 Å². The lowest BCUT2D eigenvalue weighted by Crippen LogP contribution is -2.50. The molecule has 0 bridgehead atoms. The number of nitrogens with zero attached hydrogens (tertiary/aromatic N) is 1. The van der Waals surface area contributed by atoms with Crippen LogP contribution in [0.3, 0.4) is 0 Å². The Morgan fingerprint density at radius 2 is 1.81 bits per heavy atom. The van der Waals surface area contributed by atoms with Crippen LogP contribution in [0.1, 0.15) is 40.9 Å². The minimum absolute atomic E-state index is 0.220. The van der Waals surface area contributed by atoms with E-state index < -0.39 is 0 Å². The highest BCUT2D eigenvalue weighted by molar-refractivity contribution is 6.00. The number of Topliss-reactive ketones (excluding diaryl/α,β-unsaturated/α-hetero) is 1. The number of likely N-dealkylation sites (tertiary alicyclic amines) is 1. The normalized spacial score (nSPS) is 19.2. The molecule has 0 atom stereocenters. The van der Waals surface area contributed by atoms with Crippen LogP contribution in [-0.4, -0.2) is 34.4 Å². The van der Waals surface area contributed by atoms with Gasteiger partial charge in [0.05, 0.1) is 12.0 Å². The predicted octanol–water partition coefficient (Wildman–Crippen LogP) is 4.48. The van der Waals surface area contributed by atoms with E-state index in [4.69, 9.17) is 4.74 Å². The Kier molecular flexibility index (Phi) is 3.83. The van der Waals surface area contributed by atoms with Gasteiger partial charge in [-0.1, -0.05) is 30.3 Å². The molecule has 0 aliphatic carbocycles. The molecule has 3 heterocycles. The summed E-state index contributed by atoms with van der Waals surface area (Å²) < 4.78 is 6.35. The monoisotopic (exact) mass is 360 g/mol. The molecular weight excluding hydrogens is 336 g/mol. The minimum atomic E-state index is -0.322. The largest absolute Gasteiger partial charge is 0.486 e. The summed E-state index contributed by atoms with van der Waals surface area (Å²) in [6, 6.07) is 16.2. The number of para-hydroxylation sites is 2. The third-order valence-corrected chi connectivity index (χ3v) is 6.17. The van der Waals surface area contributed by atoms with Crippen molar-refractivity contribution in [3.8, 4) is 5.75 Å². The molecule has 5 rings (SSSR count). The molecule has 138 valence electrons. The van der Waals surface area contributed by atoms with Gasteiger partial charge in [-0.15, -0.1) is 0 Å².